The number of methoxy groups -OCH3 is 2. The topological polar surface area (TPSA) is 93.7 Å². The molecule has 0 fully saturated rings. The summed E-state index contributed by atoms with van der Waals surface area (Å²) in [4.78, 5) is 28.6. The molecule has 2 rings (SSSR count). The summed E-state index contributed by atoms with van der Waals surface area (Å²) in [5.41, 5.74) is 1.32. The van der Waals surface area contributed by atoms with Crippen molar-refractivity contribution in [2.75, 3.05) is 14.2 Å². The summed E-state index contributed by atoms with van der Waals surface area (Å²) in [5.74, 6) is -0.377. The van der Waals surface area contributed by atoms with E-state index in [1.54, 1.807) is 12.1 Å². The van der Waals surface area contributed by atoms with E-state index in [1.165, 1.54) is 31.8 Å². The van der Waals surface area contributed by atoms with Crippen LogP contribution in [0.15, 0.2) is 29.4 Å². The molecule has 1 aromatic heterocycles. The van der Waals surface area contributed by atoms with Crippen LogP contribution in [0.4, 0.5) is 0 Å². The second-order valence-corrected chi connectivity index (χ2v) is 8.38. The maximum Gasteiger partial charge on any atom is 0.305 e. The average molecular weight is 416 g/mol. The maximum absolute atomic E-state index is 12.9. The van der Waals surface area contributed by atoms with Crippen molar-refractivity contribution in [3.63, 3.8) is 0 Å². The normalized spacial score (nSPS) is 11.8. The zero-order chi connectivity index (χ0) is 21.6. The smallest absolute Gasteiger partial charge is 0.305 e. The van der Waals surface area contributed by atoms with Crippen LogP contribution in [0.5, 0.6) is 5.75 Å². The lowest BCUT2D eigenvalue weighted by atomic mass is 10.1. The monoisotopic (exact) mass is 415 g/mol. The maximum atomic E-state index is 12.9. The minimum atomic E-state index is -0.476. The first kappa shape index (κ1) is 22.4. The first-order valence-corrected chi connectivity index (χ1v) is 9.93. The van der Waals surface area contributed by atoms with Crippen molar-refractivity contribution >= 4 is 23.4 Å². The first-order chi connectivity index (χ1) is 13.7. The predicted molar refractivity (Wildman–Crippen MR) is 110 cm³/mol. The number of nitriles is 1. The van der Waals surface area contributed by atoms with E-state index in [-0.39, 0.29) is 17.1 Å². The van der Waals surface area contributed by atoms with Crippen LogP contribution in [0.1, 0.15) is 55.1 Å². The number of carbonyl (C=O) groups excluding carboxylic acids is 2. The Balaban J connectivity index is 2.45. The summed E-state index contributed by atoms with van der Waals surface area (Å²) in [6, 6.07) is 6.68. The van der Waals surface area contributed by atoms with Crippen LogP contribution in [0.25, 0.3) is 0 Å². The summed E-state index contributed by atoms with van der Waals surface area (Å²) >= 11 is 1.38. The second-order valence-electron chi connectivity index (χ2n) is 7.42. The lowest BCUT2D eigenvalue weighted by Gasteiger charge is -2.19. The van der Waals surface area contributed by atoms with E-state index >= 15 is 0 Å². The number of aromatic nitrogens is 1. The standard InChI is InChI=1S/C21H25N3O4S/c1-21(2,3)24-13-15(7-6-8-18(25)28-5)20(29-24)23-19(26)16-11-14(12-22)9-10-17(16)27-4/h9-11,13H,6-8H2,1-5H3. The minimum absolute atomic E-state index is 0.170. The largest absolute Gasteiger partial charge is 0.496 e. The van der Waals surface area contributed by atoms with Crippen molar-refractivity contribution in [2.24, 2.45) is 4.99 Å². The number of ether oxygens (including phenoxy) is 2. The van der Waals surface area contributed by atoms with Gasteiger partial charge in [-0.25, -0.2) is 0 Å². The van der Waals surface area contributed by atoms with Crippen molar-refractivity contribution in [2.45, 2.75) is 45.6 Å². The van der Waals surface area contributed by atoms with Gasteiger partial charge in [0.2, 0.25) is 0 Å². The van der Waals surface area contributed by atoms with Crippen LogP contribution >= 0.6 is 11.5 Å². The van der Waals surface area contributed by atoms with Crippen molar-refractivity contribution in [3.8, 4) is 11.8 Å². The molecule has 29 heavy (non-hydrogen) atoms. The van der Waals surface area contributed by atoms with Gasteiger partial charge in [0.15, 0.2) is 0 Å². The van der Waals surface area contributed by atoms with E-state index in [1.807, 2.05) is 16.2 Å². The van der Waals surface area contributed by atoms with Gasteiger partial charge in [-0.05, 0) is 63.3 Å². The van der Waals surface area contributed by atoms with Crippen molar-refractivity contribution in [1.82, 2.24) is 3.96 Å². The number of amides is 1. The van der Waals surface area contributed by atoms with Gasteiger partial charge in [-0.1, -0.05) is 0 Å². The molecular weight excluding hydrogens is 390 g/mol. The molecule has 7 nitrogen and oxygen atoms in total. The third-order valence-electron chi connectivity index (χ3n) is 4.21. The third kappa shape index (κ3) is 5.78. The van der Waals surface area contributed by atoms with Gasteiger partial charge in [-0.2, -0.15) is 10.3 Å². The highest BCUT2D eigenvalue weighted by Gasteiger charge is 2.18. The predicted octanol–water partition coefficient (Wildman–Crippen LogP) is 3.42. The van der Waals surface area contributed by atoms with Crippen LogP contribution in [0, 0.1) is 11.3 Å². The van der Waals surface area contributed by atoms with E-state index in [0.717, 1.165) is 5.56 Å². The first-order valence-electron chi connectivity index (χ1n) is 9.16. The fourth-order valence-corrected chi connectivity index (χ4v) is 3.63. The molecule has 1 aromatic carbocycles. The van der Waals surface area contributed by atoms with Crippen LogP contribution < -0.4 is 9.41 Å². The summed E-state index contributed by atoms with van der Waals surface area (Å²) in [5, 5.41) is 9.12. The fraction of sp³-hybridized carbons (Fsp3) is 0.429. The van der Waals surface area contributed by atoms with E-state index < -0.39 is 5.91 Å². The highest BCUT2D eigenvalue weighted by molar-refractivity contribution is 7.04. The van der Waals surface area contributed by atoms with Gasteiger partial charge in [0.05, 0.1) is 31.4 Å². The molecule has 0 aliphatic heterocycles. The number of esters is 1. The van der Waals surface area contributed by atoms with Crippen molar-refractivity contribution < 1.29 is 19.1 Å². The molecule has 8 heteroatoms. The molecule has 0 atom stereocenters. The summed E-state index contributed by atoms with van der Waals surface area (Å²) in [7, 11) is 2.83. The van der Waals surface area contributed by atoms with Gasteiger partial charge >= 0.3 is 5.97 Å². The number of hydrogen-bond acceptors (Lipinski definition) is 6. The highest BCUT2D eigenvalue weighted by Crippen LogP contribution is 2.21. The Bertz CT molecular complexity index is 1010. The molecular formula is C21H25N3O4S. The Morgan fingerprint density at radius 1 is 1.28 bits per heavy atom. The molecule has 0 saturated carbocycles. The number of nitrogens with zero attached hydrogens (tertiary/aromatic N) is 3. The Kier molecular flexibility index (Phi) is 7.35. The molecule has 2 aromatic rings. The van der Waals surface area contributed by atoms with Crippen LogP contribution in [0.3, 0.4) is 0 Å². The molecule has 0 aliphatic rings. The molecule has 0 N–H and O–H groups in total. The Hall–Kier alpha value is -2.92. The number of hydrogen-bond donors (Lipinski definition) is 0. The van der Waals surface area contributed by atoms with Crippen molar-refractivity contribution in [3.05, 3.63) is 45.8 Å². The third-order valence-corrected chi connectivity index (χ3v) is 5.59. The average Bonchev–Trinajstić information content (AvgIpc) is 3.10. The number of carbonyl (C=O) groups is 2. The Morgan fingerprint density at radius 3 is 2.59 bits per heavy atom. The van der Waals surface area contributed by atoms with Gasteiger partial charge in [-0.15, -0.1) is 0 Å². The molecule has 0 aliphatic carbocycles. The van der Waals surface area contributed by atoms with Crippen LogP contribution in [-0.2, 0) is 21.5 Å². The summed E-state index contributed by atoms with van der Waals surface area (Å²) in [6.45, 7) is 6.19. The quantitative estimate of drug-likeness (QED) is 0.674. The zero-order valence-corrected chi connectivity index (χ0v) is 18.1. The van der Waals surface area contributed by atoms with Gasteiger partial charge < -0.3 is 9.47 Å². The van der Waals surface area contributed by atoms with Crippen LogP contribution in [0.2, 0.25) is 0 Å². The lowest BCUT2D eigenvalue weighted by Crippen LogP contribution is -2.18. The molecule has 0 unspecified atom stereocenters. The Labute approximate surface area is 174 Å². The molecule has 1 heterocycles. The summed E-state index contributed by atoms with van der Waals surface area (Å²) < 4.78 is 12.6. The summed E-state index contributed by atoms with van der Waals surface area (Å²) in [6.07, 6.45) is 3.46. The fourth-order valence-electron chi connectivity index (χ4n) is 2.59. The van der Waals surface area contributed by atoms with E-state index in [4.69, 9.17) is 10.00 Å². The van der Waals surface area contributed by atoms with Gasteiger partial charge in [-0.3, -0.25) is 13.5 Å². The Morgan fingerprint density at radius 2 is 2.00 bits per heavy atom. The van der Waals surface area contributed by atoms with Crippen molar-refractivity contribution in [1.29, 1.82) is 5.26 Å². The second kappa shape index (κ2) is 9.52. The lowest BCUT2D eigenvalue weighted by molar-refractivity contribution is -0.140. The SMILES string of the molecule is COC(=O)CCCc1cn(C(C)(C)C)sc1=NC(=O)c1cc(C#N)ccc1OC. The van der Waals surface area contributed by atoms with E-state index in [9.17, 15) is 9.59 Å². The van der Waals surface area contributed by atoms with E-state index in [2.05, 4.69) is 30.5 Å². The van der Waals surface area contributed by atoms with Gasteiger partial charge in [0.1, 0.15) is 10.4 Å². The number of aryl methyl sites for hydroxylation is 1. The van der Waals surface area contributed by atoms with Gasteiger partial charge in [0, 0.05) is 23.7 Å². The molecule has 154 valence electrons. The molecule has 1 amide bonds. The molecule has 0 bridgehead atoms. The minimum Gasteiger partial charge on any atom is -0.496 e. The number of benzene rings is 1. The van der Waals surface area contributed by atoms with E-state index in [0.29, 0.717) is 35.2 Å². The molecule has 0 spiro atoms. The number of rotatable bonds is 6. The molecule has 0 radical (unpaired) electrons. The van der Waals surface area contributed by atoms with Crippen LogP contribution in [-0.4, -0.2) is 30.1 Å². The zero-order valence-electron chi connectivity index (χ0n) is 17.3. The van der Waals surface area contributed by atoms with Gasteiger partial charge in [0.25, 0.3) is 5.91 Å². The highest BCUT2D eigenvalue weighted by atomic mass is 32.1. The molecule has 0 saturated heterocycles.